The molecule has 0 aliphatic rings. The summed E-state index contributed by atoms with van der Waals surface area (Å²) in [5.74, 6) is 0.864. The van der Waals surface area contributed by atoms with Crippen molar-refractivity contribution in [1.82, 2.24) is 9.55 Å². The number of nitrogens with one attached hydrogen (secondary N) is 1. The molecule has 98 valence electrons. The predicted octanol–water partition coefficient (Wildman–Crippen LogP) is 3.85. The summed E-state index contributed by atoms with van der Waals surface area (Å²) in [5, 5.41) is 0.641. The Morgan fingerprint density at radius 1 is 1.50 bits per heavy atom. The summed E-state index contributed by atoms with van der Waals surface area (Å²) in [5.41, 5.74) is 2.19. The molecule has 0 radical (unpaired) electrons. The van der Waals surface area contributed by atoms with Gasteiger partial charge in [0, 0.05) is 17.9 Å². The van der Waals surface area contributed by atoms with E-state index in [9.17, 15) is 0 Å². The number of imidazole rings is 1. The number of H-pyrrole nitrogens is 1. The first-order valence-electron chi connectivity index (χ1n) is 5.95. The molecule has 2 aromatic rings. The van der Waals surface area contributed by atoms with Crippen molar-refractivity contribution >= 4 is 35.0 Å². The van der Waals surface area contributed by atoms with E-state index >= 15 is 0 Å². The van der Waals surface area contributed by atoms with E-state index in [0.29, 0.717) is 5.25 Å². The molecular formula is C13H18N2OS2. The van der Waals surface area contributed by atoms with E-state index in [1.807, 2.05) is 30.0 Å². The van der Waals surface area contributed by atoms with Crippen LogP contribution in [0.3, 0.4) is 0 Å². The molecule has 1 heterocycles. The summed E-state index contributed by atoms with van der Waals surface area (Å²) in [6.07, 6.45) is 3.25. The number of aryl methyl sites for hydroxylation is 1. The maximum absolute atomic E-state index is 5.38. The lowest BCUT2D eigenvalue weighted by Gasteiger charge is -2.09. The van der Waals surface area contributed by atoms with Gasteiger partial charge in [0.1, 0.15) is 5.75 Å². The fraction of sp³-hybridized carbons (Fsp3) is 0.462. The lowest BCUT2D eigenvalue weighted by Crippen LogP contribution is -2.04. The largest absolute Gasteiger partial charge is 0.497 e. The Labute approximate surface area is 117 Å². The van der Waals surface area contributed by atoms with Crippen molar-refractivity contribution < 1.29 is 4.74 Å². The first-order chi connectivity index (χ1) is 8.65. The Hall–Kier alpha value is -0.940. The van der Waals surface area contributed by atoms with Crippen molar-refractivity contribution in [3.05, 3.63) is 23.0 Å². The molecule has 2 rings (SSSR count). The monoisotopic (exact) mass is 282 g/mol. The molecule has 0 aliphatic carbocycles. The summed E-state index contributed by atoms with van der Waals surface area (Å²) >= 11 is 7.26. The normalized spacial score (nSPS) is 12.8. The van der Waals surface area contributed by atoms with Crippen molar-refractivity contribution in [1.29, 1.82) is 0 Å². The standard InChI is InChI=1S/C13H18N2OS2/c1-9(18-3)6-7-15-12-8-10(16-2)4-5-11(12)14-13(15)17/h4-5,8-9H,6-7H2,1-3H3,(H,14,17). The van der Waals surface area contributed by atoms with Gasteiger partial charge in [-0.05, 0) is 37.0 Å². The van der Waals surface area contributed by atoms with Gasteiger partial charge >= 0.3 is 0 Å². The quantitative estimate of drug-likeness (QED) is 0.845. The first-order valence-corrected chi connectivity index (χ1v) is 7.64. The van der Waals surface area contributed by atoms with Gasteiger partial charge in [-0.15, -0.1) is 0 Å². The number of aromatic nitrogens is 2. The van der Waals surface area contributed by atoms with Crippen LogP contribution in [0.2, 0.25) is 0 Å². The number of fused-ring (bicyclic) bond motifs is 1. The highest BCUT2D eigenvalue weighted by atomic mass is 32.2. The van der Waals surface area contributed by atoms with Gasteiger partial charge in [-0.25, -0.2) is 0 Å². The summed E-state index contributed by atoms with van der Waals surface area (Å²) in [7, 11) is 1.68. The average molecular weight is 282 g/mol. The van der Waals surface area contributed by atoms with Crippen LogP contribution in [0.1, 0.15) is 13.3 Å². The van der Waals surface area contributed by atoms with Crippen LogP contribution in [-0.2, 0) is 6.54 Å². The Morgan fingerprint density at radius 3 is 2.94 bits per heavy atom. The van der Waals surface area contributed by atoms with Gasteiger partial charge in [-0.1, -0.05) is 6.92 Å². The maximum Gasteiger partial charge on any atom is 0.178 e. The number of thioether (sulfide) groups is 1. The molecule has 1 N–H and O–H groups in total. The molecule has 0 saturated carbocycles. The fourth-order valence-electron chi connectivity index (χ4n) is 1.91. The number of hydrogen-bond donors (Lipinski definition) is 1. The minimum atomic E-state index is 0.641. The zero-order valence-corrected chi connectivity index (χ0v) is 12.5. The number of ether oxygens (including phenoxy) is 1. The van der Waals surface area contributed by atoms with E-state index in [2.05, 4.69) is 22.7 Å². The summed E-state index contributed by atoms with van der Waals surface area (Å²) in [6.45, 7) is 3.18. The highest BCUT2D eigenvalue weighted by molar-refractivity contribution is 7.99. The third-order valence-corrected chi connectivity index (χ3v) is 4.51. The molecule has 18 heavy (non-hydrogen) atoms. The second-order valence-electron chi connectivity index (χ2n) is 4.30. The van der Waals surface area contributed by atoms with Crippen LogP contribution in [0.25, 0.3) is 11.0 Å². The van der Waals surface area contributed by atoms with Crippen LogP contribution in [0.15, 0.2) is 18.2 Å². The molecular weight excluding hydrogens is 264 g/mol. The fourth-order valence-corrected chi connectivity index (χ4v) is 2.55. The van der Waals surface area contributed by atoms with Crippen molar-refractivity contribution in [2.45, 2.75) is 25.1 Å². The molecule has 1 aromatic carbocycles. The number of methoxy groups -OCH3 is 1. The van der Waals surface area contributed by atoms with Crippen LogP contribution >= 0.6 is 24.0 Å². The third kappa shape index (κ3) is 2.72. The topological polar surface area (TPSA) is 29.9 Å². The molecule has 0 aliphatic heterocycles. The minimum absolute atomic E-state index is 0.641. The first kappa shape index (κ1) is 13.5. The Bertz CT molecular complexity index is 588. The van der Waals surface area contributed by atoms with Gasteiger partial charge in [0.15, 0.2) is 4.77 Å². The van der Waals surface area contributed by atoms with Crippen molar-refractivity contribution in [3.8, 4) is 5.75 Å². The molecule has 1 aromatic heterocycles. The summed E-state index contributed by atoms with van der Waals surface area (Å²) < 4.78 is 8.20. The Balaban J connectivity index is 2.36. The van der Waals surface area contributed by atoms with Gasteiger partial charge in [-0.3, -0.25) is 0 Å². The molecule has 0 bridgehead atoms. The lowest BCUT2D eigenvalue weighted by molar-refractivity contribution is 0.415. The second kappa shape index (κ2) is 5.80. The van der Waals surface area contributed by atoms with Crippen LogP contribution in [-0.4, -0.2) is 28.2 Å². The lowest BCUT2D eigenvalue weighted by atomic mass is 10.3. The Kier molecular flexibility index (Phi) is 4.35. The van der Waals surface area contributed by atoms with Crippen LogP contribution in [0.5, 0.6) is 5.75 Å². The zero-order valence-electron chi connectivity index (χ0n) is 10.9. The summed E-state index contributed by atoms with van der Waals surface area (Å²) in [6, 6.07) is 5.99. The van der Waals surface area contributed by atoms with E-state index in [-0.39, 0.29) is 0 Å². The predicted molar refractivity (Wildman–Crippen MR) is 81.3 cm³/mol. The molecule has 1 unspecified atom stereocenters. The van der Waals surface area contributed by atoms with Gasteiger partial charge < -0.3 is 14.3 Å². The van der Waals surface area contributed by atoms with Crippen LogP contribution in [0, 0.1) is 4.77 Å². The molecule has 5 heteroatoms. The number of rotatable bonds is 5. The van der Waals surface area contributed by atoms with E-state index in [1.54, 1.807) is 7.11 Å². The van der Waals surface area contributed by atoms with Crippen molar-refractivity contribution in [3.63, 3.8) is 0 Å². The van der Waals surface area contributed by atoms with E-state index in [1.165, 1.54) is 0 Å². The molecule has 0 saturated heterocycles. The molecule has 0 fully saturated rings. The number of nitrogens with zero attached hydrogens (tertiary/aromatic N) is 1. The van der Waals surface area contributed by atoms with E-state index in [4.69, 9.17) is 17.0 Å². The van der Waals surface area contributed by atoms with Crippen LogP contribution < -0.4 is 4.74 Å². The summed E-state index contributed by atoms with van der Waals surface area (Å²) in [4.78, 5) is 3.24. The molecule has 3 nitrogen and oxygen atoms in total. The van der Waals surface area contributed by atoms with Gasteiger partial charge in [-0.2, -0.15) is 11.8 Å². The SMILES string of the molecule is COc1ccc2[nH]c(=S)n(CCC(C)SC)c2c1. The van der Waals surface area contributed by atoms with Gasteiger partial charge in [0.25, 0.3) is 0 Å². The van der Waals surface area contributed by atoms with Crippen LogP contribution in [0.4, 0.5) is 0 Å². The maximum atomic E-state index is 5.38. The molecule has 0 spiro atoms. The number of benzene rings is 1. The smallest absolute Gasteiger partial charge is 0.178 e. The highest BCUT2D eigenvalue weighted by Crippen LogP contribution is 2.22. The molecule has 1 atom stereocenters. The van der Waals surface area contributed by atoms with Gasteiger partial charge in [0.2, 0.25) is 0 Å². The van der Waals surface area contributed by atoms with Gasteiger partial charge in [0.05, 0.1) is 18.1 Å². The van der Waals surface area contributed by atoms with Crippen molar-refractivity contribution in [2.24, 2.45) is 0 Å². The Morgan fingerprint density at radius 2 is 2.28 bits per heavy atom. The average Bonchev–Trinajstić information content (AvgIpc) is 2.70. The highest BCUT2D eigenvalue weighted by Gasteiger charge is 2.07. The van der Waals surface area contributed by atoms with Crippen molar-refractivity contribution in [2.75, 3.05) is 13.4 Å². The van der Waals surface area contributed by atoms with E-state index in [0.717, 1.165) is 34.5 Å². The number of hydrogen-bond acceptors (Lipinski definition) is 3. The zero-order chi connectivity index (χ0) is 13.1. The van der Waals surface area contributed by atoms with E-state index < -0.39 is 0 Å². The molecule has 0 amide bonds. The second-order valence-corrected chi connectivity index (χ2v) is 5.96. The third-order valence-electron chi connectivity index (χ3n) is 3.14. The minimum Gasteiger partial charge on any atom is -0.497 e. The number of aromatic amines is 1.